The van der Waals surface area contributed by atoms with Gasteiger partial charge in [-0.05, 0) is 106 Å². The molecule has 0 fully saturated rings. The Morgan fingerprint density at radius 3 is 1.58 bits per heavy atom. The minimum atomic E-state index is 1.17. The van der Waals surface area contributed by atoms with Gasteiger partial charge in [0.25, 0.3) is 0 Å². The number of fused-ring (bicyclic) bond motifs is 10. The van der Waals surface area contributed by atoms with Crippen LogP contribution in [0.25, 0.3) is 108 Å². The molecule has 0 atom stereocenters. The summed E-state index contributed by atoms with van der Waals surface area (Å²) < 4.78 is 7.49. The van der Waals surface area contributed by atoms with Crippen molar-refractivity contribution in [3.63, 3.8) is 0 Å². The third kappa shape index (κ3) is 4.60. The van der Waals surface area contributed by atoms with Crippen molar-refractivity contribution >= 4 is 85.9 Å². The summed E-state index contributed by atoms with van der Waals surface area (Å²) in [5, 5.41) is 10.2. The van der Waals surface area contributed by atoms with Gasteiger partial charge in [0.2, 0.25) is 0 Å². The summed E-state index contributed by atoms with van der Waals surface area (Å²) in [7, 11) is 0. The van der Waals surface area contributed by atoms with Gasteiger partial charge in [-0.25, -0.2) is 0 Å². The molecule has 0 aliphatic rings. The Hall–Kier alpha value is -6.94. The largest absolute Gasteiger partial charge is 0.309 e. The zero-order valence-electron chi connectivity index (χ0n) is 29.8. The molecule has 12 rings (SSSR count). The highest BCUT2D eigenvalue weighted by Crippen LogP contribution is 2.42. The standard InChI is InChI=1S/C52H32N2S/c1-2-11-38(12-3-1)53-47-18-7-4-13-41(47)45-31-35(24-27-49(45)53)36-25-28-50-46(32-36)42-14-5-8-19-48(42)54(50)39-26-23-33-29-37(22-21-34(33)30-39)40-16-10-17-44-43-15-6-9-20-51(43)55-52(40)44/h1-32H. The highest BCUT2D eigenvalue weighted by atomic mass is 32.1. The summed E-state index contributed by atoms with van der Waals surface area (Å²) in [5.41, 5.74) is 12.2. The molecule has 2 nitrogen and oxygen atoms in total. The first-order chi connectivity index (χ1) is 27.3. The second-order valence-electron chi connectivity index (χ2n) is 14.5. The van der Waals surface area contributed by atoms with Crippen LogP contribution in [0.2, 0.25) is 0 Å². The summed E-state index contributed by atoms with van der Waals surface area (Å²) in [6.45, 7) is 0. The normalized spacial score (nSPS) is 12.0. The summed E-state index contributed by atoms with van der Waals surface area (Å²) in [6, 6.07) is 71.4. The van der Waals surface area contributed by atoms with E-state index in [0.29, 0.717) is 0 Å². The van der Waals surface area contributed by atoms with E-state index in [-0.39, 0.29) is 0 Å². The molecule has 0 amide bonds. The van der Waals surface area contributed by atoms with Gasteiger partial charge in [-0.2, -0.15) is 0 Å². The van der Waals surface area contributed by atoms with Gasteiger partial charge < -0.3 is 9.13 Å². The van der Waals surface area contributed by atoms with Crippen LogP contribution in [0.3, 0.4) is 0 Å². The summed E-state index contributed by atoms with van der Waals surface area (Å²) in [6.07, 6.45) is 0. The summed E-state index contributed by atoms with van der Waals surface area (Å²) in [5.74, 6) is 0. The van der Waals surface area contributed by atoms with Crippen molar-refractivity contribution in [2.24, 2.45) is 0 Å². The van der Waals surface area contributed by atoms with Crippen LogP contribution < -0.4 is 0 Å². The Kier molecular flexibility index (Phi) is 6.54. The second kappa shape index (κ2) is 11.8. The Bertz CT molecular complexity index is 3490. The van der Waals surface area contributed by atoms with Gasteiger partial charge in [-0.1, -0.05) is 121 Å². The molecule has 256 valence electrons. The Balaban J connectivity index is 0.972. The molecule has 3 aromatic heterocycles. The van der Waals surface area contributed by atoms with Crippen LogP contribution in [0.4, 0.5) is 0 Å². The maximum atomic E-state index is 2.43. The van der Waals surface area contributed by atoms with Crippen LogP contribution in [0.1, 0.15) is 0 Å². The average molecular weight is 717 g/mol. The molecule has 0 saturated carbocycles. The number of aromatic nitrogens is 2. The molecule has 0 N–H and O–H groups in total. The van der Waals surface area contributed by atoms with Crippen LogP contribution in [0, 0.1) is 0 Å². The number of hydrogen-bond acceptors (Lipinski definition) is 1. The van der Waals surface area contributed by atoms with Gasteiger partial charge in [-0.15, -0.1) is 11.3 Å². The van der Waals surface area contributed by atoms with Crippen LogP contribution >= 0.6 is 11.3 Å². The highest BCUT2D eigenvalue weighted by molar-refractivity contribution is 7.26. The number of rotatable bonds is 4. The fraction of sp³-hybridized carbons (Fsp3) is 0. The first-order valence-corrected chi connectivity index (χ1v) is 19.7. The molecule has 9 aromatic carbocycles. The van der Waals surface area contributed by atoms with E-state index in [0.717, 1.165) is 0 Å². The van der Waals surface area contributed by atoms with Gasteiger partial charge in [-0.3, -0.25) is 0 Å². The van der Waals surface area contributed by atoms with Gasteiger partial charge >= 0.3 is 0 Å². The lowest BCUT2D eigenvalue weighted by atomic mass is 9.99. The first kappa shape index (κ1) is 30.5. The van der Waals surface area contributed by atoms with Crippen molar-refractivity contribution in [2.75, 3.05) is 0 Å². The lowest BCUT2D eigenvalue weighted by molar-refractivity contribution is 1.18. The Morgan fingerprint density at radius 2 is 0.855 bits per heavy atom. The molecule has 0 radical (unpaired) electrons. The Morgan fingerprint density at radius 1 is 0.309 bits per heavy atom. The number of nitrogens with zero attached hydrogens (tertiary/aromatic N) is 2. The number of hydrogen-bond donors (Lipinski definition) is 0. The fourth-order valence-electron chi connectivity index (χ4n) is 8.95. The third-order valence-corrected chi connectivity index (χ3v) is 12.7. The van der Waals surface area contributed by atoms with E-state index in [1.165, 1.54) is 108 Å². The molecule has 0 aliphatic carbocycles. The zero-order chi connectivity index (χ0) is 36.0. The SMILES string of the molecule is c1ccc(-n2c3ccccc3c3cc(-c4ccc5c(c4)c4ccccc4n5-c4ccc5cc(-c6cccc7c6sc6ccccc67)ccc5c4)ccc32)cc1. The van der Waals surface area contributed by atoms with Gasteiger partial charge in [0.15, 0.2) is 0 Å². The minimum Gasteiger partial charge on any atom is -0.309 e. The van der Waals surface area contributed by atoms with Gasteiger partial charge in [0, 0.05) is 53.1 Å². The van der Waals surface area contributed by atoms with Crippen molar-refractivity contribution in [1.82, 2.24) is 9.13 Å². The Labute approximate surface area is 321 Å². The topological polar surface area (TPSA) is 9.86 Å². The predicted octanol–water partition coefficient (Wildman–Crippen LogP) is 14.7. The molecule has 55 heavy (non-hydrogen) atoms. The van der Waals surface area contributed by atoms with E-state index < -0.39 is 0 Å². The molecule has 12 aromatic rings. The van der Waals surface area contributed by atoms with E-state index >= 15 is 0 Å². The number of benzene rings is 9. The van der Waals surface area contributed by atoms with Gasteiger partial charge in [0.1, 0.15) is 0 Å². The molecular formula is C52H32N2S. The molecule has 0 bridgehead atoms. The molecule has 0 unspecified atom stereocenters. The van der Waals surface area contributed by atoms with Crippen LogP contribution in [0.5, 0.6) is 0 Å². The van der Waals surface area contributed by atoms with Crippen molar-refractivity contribution in [3.05, 3.63) is 194 Å². The summed E-state index contributed by atoms with van der Waals surface area (Å²) >= 11 is 1.89. The van der Waals surface area contributed by atoms with Crippen molar-refractivity contribution in [3.8, 4) is 33.6 Å². The molecular weight excluding hydrogens is 685 g/mol. The van der Waals surface area contributed by atoms with E-state index in [1.807, 2.05) is 11.3 Å². The maximum absolute atomic E-state index is 2.43. The quantitative estimate of drug-likeness (QED) is 0.172. The van der Waals surface area contributed by atoms with E-state index in [1.54, 1.807) is 0 Å². The molecule has 0 saturated heterocycles. The minimum absolute atomic E-state index is 1.17. The smallest absolute Gasteiger partial charge is 0.0541 e. The number of para-hydroxylation sites is 3. The van der Waals surface area contributed by atoms with Gasteiger partial charge in [0.05, 0.1) is 22.1 Å². The second-order valence-corrected chi connectivity index (χ2v) is 15.6. The predicted molar refractivity (Wildman–Crippen MR) is 236 cm³/mol. The molecule has 3 heterocycles. The van der Waals surface area contributed by atoms with Crippen molar-refractivity contribution < 1.29 is 0 Å². The monoisotopic (exact) mass is 716 g/mol. The lowest BCUT2D eigenvalue weighted by Crippen LogP contribution is -1.94. The van der Waals surface area contributed by atoms with Crippen molar-refractivity contribution in [2.45, 2.75) is 0 Å². The van der Waals surface area contributed by atoms with Crippen LogP contribution in [0.15, 0.2) is 194 Å². The zero-order valence-corrected chi connectivity index (χ0v) is 30.6. The maximum Gasteiger partial charge on any atom is 0.0541 e. The van der Waals surface area contributed by atoms with Crippen LogP contribution in [-0.4, -0.2) is 9.13 Å². The fourth-order valence-corrected chi connectivity index (χ4v) is 10.2. The molecule has 0 spiro atoms. The average Bonchev–Trinajstić information content (AvgIpc) is 3.91. The van der Waals surface area contributed by atoms with E-state index in [9.17, 15) is 0 Å². The van der Waals surface area contributed by atoms with Crippen LogP contribution in [-0.2, 0) is 0 Å². The molecule has 3 heteroatoms. The van der Waals surface area contributed by atoms with E-state index in [2.05, 4.69) is 203 Å². The van der Waals surface area contributed by atoms with Crippen molar-refractivity contribution in [1.29, 1.82) is 0 Å². The highest BCUT2D eigenvalue weighted by Gasteiger charge is 2.17. The summed E-state index contributed by atoms with van der Waals surface area (Å²) in [4.78, 5) is 0. The first-order valence-electron chi connectivity index (χ1n) is 18.8. The molecule has 0 aliphatic heterocycles. The third-order valence-electron chi connectivity index (χ3n) is 11.5. The van der Waals surface area contributed by atoms with E-state index in [4.69, 9.17) is 0 Å². The lowest BCUT2D eigenvalue weighted by Gasteiger charge is -2.11. The number of thiophene rings is 1.